The van der Waals surface area contributed by atoms with Crippen LogP contribution in [0.15, 0.2) is 54.6 Å². The number of para-hydroxylation sites is 1. The van der Waals surface area contributed by atoms with Crippen molar-refractivity contribution in [1.82, 2.24) is 14.7 Å². The lowest BCUT2D eigenvalue weighted by molar-refractivity contribution is -0.130. The van der Waals surface area contributed by atoms with Crippen molar-refractivity contribution in [3.8, 4) is 5.69 Å². The Hall–Kier alpha value is -2.59. The van der Waals surface area contributed by atoms with Gasteiger partial charge in [-0.05, 0) is 50.1 Å². The molecule has 0 atom stereocenters. The van der Waals surface area contributed by atoms with Crippen molar-refractivity contribution in [2.24, 2.45) is 0 Å². The van der Waals surface area contributed by atoms with Gasteiger partial charge in [0.1, 0.15) is 0 Å². The summed E-state index contributed by atoms with van der Waals surface area (Å²) >= 11 is 6.01. The average molecular weight is 382 g/mol. The Morgan fingerprint density at radius 1 is 1.11 bits per heavy atom. The van der Waals surface area contributed by atoms with Gasteiger partial charge in [-0.2, -0.15) is 5.10 Å². The van der Waals surface area contributed by atoms with Gasteiger partial charge in [0.05, 0.1) is 11.4 Å². The van der Waals surface area contributed by atoms with E-state index in [0.29, 0.717) is 24.4 Å². The van der Waals surface area contributed by atoms with E-state index in [1.54, 1.807) is 4.90 Å². The summed E-state index contributed by atoms with van der Waals surface area (Å²) in [6.07, 6.45) is 1.15. The third kappa shape index (κ3) is 4.58. The van der Waals surface area contributed by atoms with Crippen molar-refractivity contribution in [2.75, 3.05) is 7.05 Å². The number of benzene rings is 2. The first kappa shape index (κ1) is 19.2. The van der Waals surface area contributed by atoms with E-state index in [9.17, 15) is 4.79 Å². The zero-order valence-corrected chi connectivity index (χ0v) is 16.7. The van der Waals surface area contributed by atoms with Crippen LogP contribution in [0.5, 0.6) is 0 Å². The summed E-state index contributed by atoms with van der Waals surface area (Å²) in [5.41, 5.74) is 5.21. The summed E-state index contributed by atoms with van der Waals surface area (Å²) < 4.78 is 1.94. The summed E-state index contributed by atoms with van der Waals surface area (Å²) in [5, 5.41) is 5.36. The molecule has 3 rings (SSSR count). The van der Waals surface area contributed by atoms with Crippen LogP contribution in [-0.4, -0.2) is 27.6 Å². The highest BCUT2D eigenvalue weighted by Crippen LogP contribution is 2.20. The van der Waals surface area contributed by atoms with Crippen molar-refractivity contribution in [1.29, 1.82) is 0 Å². The number of hydrogen-bond acceptors (Lipinski definition) is 2. The maximum absolute atomic E-state index is 12.6. The Morgan fingerprint density at radius 3 is 2.56 bits per heavy atom. The van der Waals surface area contributed by atoms with Crippen molar-refractivity contribution >= 4 is 17.5 Å². The first-order valence-corrected chi connectivity index (χ1v) is 9.42. The second-order valence-electron chi connectivity index (χ2n) is 6.78. The van der Waals surface area contributed by atoms with Crippen molar-refractivity contribution < 1.29 is 4.79 Å². The number of nitrogens with zero attached hydrogens (tertiary/aromatic N) is 3. The van der Waals surface area contributed by atoms with Gasteiger partial charge in [-0.25, -0.2) is 4.68 Å². The molecule has 5 heteroatoms. The van der Waals surface area contributed by atoms with Crippen LogP contribution >= 0.6 is 11.6 Å². The summed E-state index contributed by atoms with van der Waals surface area (Å²) in [6, 6.07) is 17.7. The van der Waals surface area contributed by atoms with Crippen LogP contribution in [0.1, 0.15) is 28.9 Å². The highest BCUT2D eigenvalue weighted by Gasteiger charge is 2.17. The van der Waals surface area contributed by atoms with E-state index in [4.69, 9.17) is 11.6 Å². The lowest BCUT2D eigenvalue weighted by Crippen LogP contribution is -2.27. The van der Waals surface area contributed by atoms with Gasteiger partial charge in [-0.15, -0.1) is 0 Å². The smallest absolute Gasteiger partial charge is 0.222 e. The fraction of sp³-hybridized carbons (Fsp3) is 0.273. The molecule has 0 saturated carbocycles. The third-order valence-electron chi connectivity index (χ3n) is 4.78. The SMILES string of the molecule is Cc1nn(-c2ccccc2)c(C)c1CN(C)C(=O)CCc1cccc(Cl)c1. The molecule has 0 aliphatic rings. The standard InChI is InChI=1S/C22H24ClN3O/c1-16-21(17(2)26(24-16)20-10-5-4-6-11-20)15-25(3)22(27)13-12-18-8-7-9-19(23)14-18/h4-11,14H,12-13,15H2,1-3H3. The van der Waals surface area contributed by atoms with Gasteiger partial charge < -0.3 is 4.90 Å². The number of carbonyl (C=O) groups excluding carboxylic acids is 1. The van der Waals surface area contributed by atoms with Crippen molar-refractivity contribution in [3.05, 3.63) is 82.1 Å². The summed E-state index contributed by atoms with van der Waals surface area (Å²) in [6.45, 7) is 4.59. The fourth-order valence-corrected chi connectivity index (χ4v) is 3.40. The molecule has 0 aliphatic carbocycles. The zero-order chi connectivity index (χ0) is 19.4. The van der Waals surface area contributed by atoms with Crippen LogP contribution < -0.4 is 0 Å². The van der Waals surface area contributed by atoms with E-state index in [1.807, 2.05) is 80.2 Å². The van der Waals surface area contributed by atoms with Crippen LogP contribution in [0, 0.1) is 13.8 Å². The van der Waals surface area contributed by atoms with Crippen LogP contribution in [0.2, 0.25) is 5.02 Å². The highest BCUT2D eigenvalue weighted by atomic mass is 35.5. The summed E-state index contributed by atoms with van der Waals surface area (Å²) in [4.78, 5) is 14.3. The van der Waals surface area contributed by atoms with E-state index in [1.165, 1.54) is 0 Å². The Bertz CT molecular complexity index is 934. The summed E-state index contributed by atoms with van der Waals surface area (Å²) in [7, 11) is 1.85. The van der Waals surface area contributed by atoms with Crippen LogP contribution in [0.3, 0.4) is 0 Å². The van der Waals surface area contributed by atoms with E-state index in [2.05, 4.69) is 5.10 Å². The molecule has 0 N–H and O–H groups in total. The minimum absolute atomic E-state index is 0.112. The largest absolute Gasteiger partial charge is 0.341 e. The Kier molecular flexibility index (Phi) is 5.97. The second kappa shape index (κ2) is 8.40. The number of carbonyl (C=O) groups is 1. The molecule has 1 aromatic heterocycles. The topological polar surface area (TPSA) is 38.1 Å². The third-order valence-corrected chi connectivity index (χ3v) is 5.01. The molecule has 3 aromatic rings. The number of halogens is 1. The Balaban J connectivity index is 1.67. The van der Waals surface area contributed by atoms with Crippen LogP contribution in [-0.2, 0) is 17.8 Å². The van der Waals surface area contributed by atoms with E-state index >= 15 is 0 Å². The number of amides is 1. The Labute approximate surface area is 165 Å². The predicted octanol–water partition coefficient (Wildman–Crippen LogP) is 4.73. The normalized spacial score (nSPS) is 10.8. The molecule has 140 valence electrons. The quantitative estimate of drug-likeness (QED) is 0.618. The molecular formula is C22H24ClN3O. The second-order valence-corrected chi connectivity index (χ2v) is 7.21. The molecule has 27 heavy (non-hydrogen) atoms. The maximum Gasteiger partial charge on any atom is 0.222 e. The molecular weight excluding hydrogens is 358 g/mol. The van der Waals surface area contributed by atoms with Gasteiger partial charge in [0.2, 0.25) is 5.91 Å². The molecule has 0 saturated heterocycles. The van der Waals surface area contributed by atoms with Gasteiger partial charge in [-0.1, -0.05) is 41.9 Å². The van der Waals surface area contributed by atoms with Crippen molar-refractivity contribution in [3.63, 3.8) is 0 Å². The molecule has 1 amide bonds. The minimum atomic E-state index is 0.112. The van der Waals surface area contributed by atoms with Crippen LogP contribution in [0.25, 0.3) is 5.69 Å². The van der Waals surface area contributed by atoms with E-state index < -0.39 is 0 Å². The fourth-order valence-electron chi connectivity index (χ4n) is 3.18. The lowest BCUT2D eigenvalue weighted by Gasteiger charge is -2.18. The number of aromatic nitrogens is 2. The molecule has 1 heterocycles. The van der Waals surface area contributed by atoms with Gasteiger partial charge in [0.25, 0.3) is 0 Å². The first-order valence-electron chi connectivity index (χ1n) is 9.04. The van der Waals surface area contributed by atoms with Gasteiger partial charge in [0, 0.05) is 36.3 Å². The Morgan fingerprint density at radius 2 is 1.85 bits per heavy atom. The monoisotopic (exact) mass is 381 g/mol. The molecule has 0 spiro atoms. The first-order chi connectivity index (χ1) is 13.0. The minimum Gasteiger partial charge on any atom is -0.341 e. The highest BCUT2D eigenvalue weighted by molar-refractivity contribution is 6.30. The molecule has 2 aromatic carbocycles. The van der Waals surface area contributed by atoms with Gasteiger partial charge in [-0.3, -0.25) is 4.79 Å². The molecule has 0 radical (unpaired) electrons. The van der Waals surface area contributed by atoms with Gasteiger partial charge >= 0.3 is 0 Å². The lowest BCUT2D eigenvalue weighted by atomic mass is 10.1. The van der Waals surface area contributed by atoms with Gasteiger partial charge in [0.15, 0.2) is 0 Å². The van der Waals surface area contributed by atoms with Crippen molar-refractivity contribution in [2.45, 2.75) is 33.2 Å². The molecule has 4 nitrogen and oxygen atoms in total. The number of aryl methyl sites for hydroxylation is 2. The van der Waals surface area contributed by atoms with E-state index in [-0.39, 0.29) is 5.91 Å². The van der Waals surface area contributed by atoms with Crippen LogP contribution in [0.4, 0.5) is 0 Å². The zero-order valence-electron chi connectivity index (χ0n) is 15.9. The molecule has 0 fully saturated rings. The molecule has 0 aliphatic heterocycles. The average Bonchev–Trinajstić information content (AvgIpc) is 2.95. The molecule has 0 unspecified atom stereocenters. The van der Waals surface area contributed by atoms with E-state index in [0.717, 1.165) is 28.2 Å². The maximum atomic E-state index is 12.6. The predicted molar refractivity (Wildman–Crippen MR) is 109 cm³/mol. The molecule has 0 bridgehead atoms. The number of hydrogen-bond donors (Lipinski definition) is 0. The summed E-state index contributed by atoms with van der Waals surface area (Å²) in [5.74, 6) is 0.112. The number of rotatable bonds is 6.